The van der Waals surface area contributed by atoms with Gasteiger partial charge < -0.3 is 23.4 Å². The number of fused-ring (bicyclic) bond motifs is 4. The van der Waals surface area contributed by atoms with Crippen molar-refractivity contribution in [3.63, 3.8) is 0 Å². The smallest absolute Gasteiger partial charge is 0.417 e. The number of aromatic nitrogens is 1. The average Bonchev–Trinajstić information content (AvgIpc) is 3.37. The molecule has 2 saturated heterocycles. The van der Waals surface area contributed by atoms with E-state index in [2.05, 4.69) is 33.9 Å². The Morgan fingerprint density at radius 3 is 2.24 bits per heavy atom. The van der Waals surface area contributed by atoms with Crippen LogP contribution in [-0.2, 0) is 39.9 Å². The van der Waals surface area contributed by atoms with Crippen molar-refractivity contribution >= 4 is 14.3 Å². The zero-order valence-corrected chi connectivity index (χ0v) is 31.5. The molecule has 3 aliphatic heterocycles. The number of ether oxygens (including phenoxy) is 4. The second-order valence-corrected chi connectivity index (χ2v) is 21.5. The highest BCUT2D eigenvalue weighted by atomic mass is 28.4. The summed E-state index contributed by atoms with van der Waals surface area (Å²) in [5, 5.41) is 9.81. The van der Waals surface area contributed by atoms with Crippen molar-refractivity contribution in [2.24, 2.45) is 5.41 Å². The summed E-state index contributed by atoms with van der Waals surface area (Å²) < 4.78 is 74.6. The molecule has 7 rings (SSSR count). The van der Waals surface area contributed by atoms with Crippen LogP contribution in [0.4, 0.5) is 13.2 Å². The minimum absolute atomic E-state index is 0.0132. The first-order chi connectivity index (χ1) is 24.0. The Balaban J connectivity index is 1.54. The summed E-state index contributed by atoms with van der Waals surface area (Å²) in [4.78, 5) is 18.4. The number of carbonyl (C=O) groups excluding carboxylic acids is 1. The van der Waals surface area contributed by atoms with Crippen LogP contribution in [0.5, 0.6) is 0 Å². The van der Waals surface area contributed by atoms with E-state index in [9.17, 15) is 23.2 Å². The van der Waals surface area contributed by atoms with Crippen LogP contribution < -0.4 is 0 Å². The third-order valence-electron chi connectivity index (χ3n) is 12.7. The fourth-order valence-electron chi connectivity index (χ4n) is 8.87. The summed E-state index contributed by atoms with van der Waals surface area (Å²) in [6, 6.07) is 5.56. The SMILES string of the molecule is CC(=O)O[C@H]1c2nc(C3CCOCC3)c3c(c2[C@@H](O[Si](C)(C)C(C)(C)C)CC12CCC2)C1(CCOCC1)O[C@@H]3c1ccc(C(F)(F)F)c(C#N)c1. The number of hydrogen-bond donors (Lipinski definition) is 0. The first kappa shape index (κ1) is 36.5. The van der Waals surface area contributed by atoms with Crippen LogP contribution in [0.1, 0.15) is 148 Å². The molecule has 5 aliphatic rings. The van der Waals surface area contributed by atoms with Crippen LogP contribution >= 0.6 is 0 Å². The topological polar surface area (TPSA) is 99.9 Å². The van der Waals surface area contributed by atoms with Gasteiger partial charge in [-0.25, -0.2) is 0 Å². The number of alkyl halides is 3. The lowest BCUT2D eigenvalue weighted by Crippen LogP contribution is -2.49. The summed E-state index contributed by atoms with van der Waals surface area (Å²) in [7, 11) is -2.38. The van der Waals surface area contributed by atoms with Crippen LogP contribution in [0.25, 0.3) is 0 Å². The molecular formula is C39H49F3N2O6Si. The number of pyridine rings is 1. The molecular weight excluding hydrogens is 678 g/mol. The molecule has 4 heterocycles. The molecule has 0 unspecified atom stereocenters. The molecule has 0 radical (unpaired) electrons. The van der Waals surface area contributed by atoms with Crippen molar-refractivity contribution in [1.82, 2.24) is 4.98 Å². The van der Waals surface area contributed by atoms with Crippen LogP contribution in [-0.4, -0.2) is 45.7 Å². The van der Waals surface area contributed by atoms with Crippen molar-refractivity contribution in [2.75, 3.05) is 26.4 Å². The number of esters is 1. The Hall–Kier alpha value is -2.82. The van der Waals surface area contributed by atoms with Gasteiger partial charge in [-0.05, 0) is 73.5 Å². The maximum atomic E-state index is 14.0. The standard InChI is InChI=1S/C39H49F3N2O6Si/c1-23(45)48-35-33-29(28(21-37(35)12-7-13-37)50-51(5,6)36(2,3)4)31-30(32(44-33)24-10-16-46-17-11-24)34(49-38(31)14-18-47-19-15-38)25-8-9-27(39(40,41)42)26(20-25)22-43/h8-9,20,24,28,34-35H,7,10-19,21H2,1-6H3/t28-,34+,35-/m0/s1. The second-order valence-electron chi connectivity index (χ2n) is 16.8. The molecule has 51 heavy (non-hydrogen) atoms. The molecule has 0 amide bonds. The van der Waals surface area contributed by atoms with E-state index in [4.69, 9.17) is 28.4 Å². The van der Waals surface area contributed by atoms with Crippen molar-refractivity contribution in [3.05, 3.63) is 63.0 Å². The number of rotatable bonds is 5. The van der Waals surface area contributed by atoms with E-state index in [1.807, 2.05) is 0 Å². The van der Waals surface area contributed by atoms with Gasteiger partial charge in [-0.2, -0.15) is 18.4 Å². The number of nitrogens with zero attached hydrogens (tertiary/aromatic N) is 2. The molecule has 2 aliphatic carbocycles. The molecule has 3 fully saturated rings. The van der Waals surface area contributed by atoms with Gasteiger partial charge in [-0.15, -0.1) is 0 Å². The van der Waals surface area contributed by atoms with Crippen molar-refractivity contribution in [2.45, 2.75) is 133 Å². The third kappa shape index (κ3) is 6.24. The minimum atomic E-state index is -4.68. The monoisotopic (exact) mass is 726 g/mol. The maximum Gasteiger partial charge on any atom is 0.417 e. The highest BCUT2D eigenvalue weighted by Gasteiger charge is 2.59. The summed E-state index contributed by atoms with van der Waals surface area (Å²) in [5.74, 6) is -0.375. The molecule has 8 nitrogen and oxygen atoms in total. The van der Waals surface area contributed by atoms with Crippen LogP contribution in [0, 0.1) is 16.7 Å². The maximum absolute atomic E-state index is 14.0. The number of benzene rings is 1. The summed E-state index contributed by atoms with van der Waals surface area (Å²) in [5.41, 5.74) is 2.18. The normalized spacial score (nSPS) is 25.9. The predicted octanol–water partition coefficient (Wildman–Crippen LogP) is 9.23. The van der Waals surface area contributed by atoms with Crippen LogP contribution in [0.3, 0.4) is 0 Å². The van der Waals surface area contributed by atoms with E-state index < -0.39 is 43.4 Å². The van der Waals surface area contributed by atoms with E-state index in [0.29, 0.717) is 64.1 Å². The quantitative estimate of drug-likeness (QED) is 0.222. The Bertz CT molecular complexity index is 1730. The van der Waals surface area contributed by atoms with Crippen LogP contribution in [0.15, 0.2) is 18.2 Å². The number of halogens is 3. The van der Waals surface area contributed by atoms with Gasteiger partial charge in [-0.1, -0.05) is 33.3 Å². The fraction of sp³-hybridized carbons (Fsp3) is 0.667. The molecule has 1 saturated carbocycles. The largest absolute Gasteiger partial charge is 0.455 e. The summed E-state index contributed by atoms with van der Waals surface area (Å²) >= 11 is 0. The average molecular weight is 727 g/mol. The molecule has 276 valence electrons. The molecule has 3 atom stereocenters. The lowest BCUT2D eigenvalue weighted by molar-refractivity contribution is -0.167. The van der Waals surface area contributed by atoms with Gasteiger partial charge in [0, 0.05) is 68.7 Å². The lowest BCUT2D eigenvalue weighted by atomic mass is 9.57. The molecule has 2 aromatic rings. The van der Waals surface area contributed by atoms with Gasteiger partial charge in [0.05, 0.1) is 40.3 Å². The van der Waals surface area contributed by atoms with Gasteiger partial charge in [0.25, 0.3) is 0 Å². The number of carbonyl (C=O) groups is 1. The van der Waals surface area contributed by atoms with Gasteiger partial charge in [0.2, 0.25) is 0 Å². The molecule has 12 heteroatoms. The Labute approximate surface area is 299 Å². The van der Waals surface area contributed by atoms with Crippen LogP contribution in [0.2, 0.25) is 18.1 Å². The minimum Gasteiger partial charge on any atom is -0.455 e. The van der Waals surface area contributed by atoms with Crippen molar-refractivity contribution in [1.29, 1.82) is 5.26 Å². The predicted molar refractivity (Wildman–Crippen MR) is 184 cm³/mol. The molecule has 2 spiro atoms. The molecule has 1 aromatic carbocycles. The van der Waals surface area contributed by atoms with Gasteiger partial charge in [-0.3, -0.25) is 9.78 Å². The van der Waals surface area contributed by atoms with E-state index in [0.717, 1.165) is 53.4 Å². The van der Waals surface area contributed by atoms with E-state index in [-0.39, 0.29) is 28.4 Å². The Morgan fingerprint density at radius 2 is 1.67 bits per heavy atom. The molecule has 1 aromatic heterocycles. The van der Waals surface area contributed by atoms with E-state index in [1.54, 1.807) is 6.07 Å². The summed E-state index contributed by atoms with van der Waals surface area (Å²) in [6.07, 6.45) is -0.378. The lowest BCUT2D eigenvalue weighted by Gasteiger charge is -2.54. The number of nitriles is 1. The second kappa shape index (κ2) is 12.9. The first-order valence-corrected chi connectivity index (χ1v) is 21.3. The number of hydrogen-bond acceptors (Lipinski definition) is 8. The van der Waals surface area contributed by atoms with Gasteiger partial charge in [0.1, 0.15) is 12.2 Å². The first-order valence-electron chi connectivity index (χ1n) is 18.4. The Morgan fingerprint density at radius 1 is 1.00 bits per heavy atom. The van der Waals surface area contributed by atoms with Crippen molar-refractivity contribution < 1.29 is 41.3 Å². The Kier molecular flexibility index (Phi) is 9.27. The summed E-state index contributed by atoms with van der Waals surface area (Å²) in [6.45, 7) is 14.6. The van der Waals surface area contributed by atoms with E-state index >= 15 is 0 Å². The van der Waals surface area contributed by atoms with Crippen molar-refractivity contribution in [3.8, 4) is 6.07 Å². The third-order valence-corrected chi connectivity index (χ3v) is 17.2. The zero-order chi connectivity index (χ0) is 36.6. The zero-order valence-electron chi connectivity index (χ0n) is 30.5. The molecule has 0 N–H and O–H groups in total. The highest BCUT2D eigenvalue weighted by Crippen LogP contribution is 2.66. The van der Waals surface area contributed by atoms with Gasteiger partial charge in [0.15, 0.2) is 8.32 Å². The highest BCUT2D eigenvalue weighted by molar-refractivity contribution is 6.74. The van der Waals surface area contributed by atoms with E-state index in [1.165, 1.54) is 19.1 Å². The molecule has 0 bridgehead atoms. The van der Waals surface area contributed by atoms with Gasteiger partial charge >= 0.3 is 12.1 Å². The fourth-order valence-corrected chi connectivity index (χ4v) is 10.1.